The average molecular weight is 310 g/mol. The molecule has 0 bridgehead atoms. The second-order valence-electron chi connectivity index (χ2n) is 5.49. The number of phenolic OH excluding ortho intramolecular Hbond substituents is 1. The largest absolute Gasteiger partial charge is 0.504 e. The third-order valence-electron chi connectivity index (χ3n) is 3.98. The van der Waals surface area contributed by atoms with Gasteiger partial charge in [-0.3, -0.25) is 4.79 Å². The first-order valence-corrected chi connectivity index (χ1v) is 7.44. The minimum atomic E-state index is -0.0995. The van der Waals surface area contributed by atoms with Crippen molar-refractivity contribution >= 4 is 12.1 Å². The van der Waals surface area contributed by atoms with Gasteiger partial charge in [0.1, 0.15) is 0 Å². The lowest BCUT2D eigenvalue weighted by atomic mass is 10.1. The summed E-state index contributed by atoms with van der Waals surface area (Å²) in [6.45, 7) is 0. The Morgan fingerprint density at radius 2 is 2.04 bits per heavy atom. The number of nitrogens with zero attached hydrogens (tertiary/aromatic N) is 1. The van der Waals surface area contributed by atoms with E-state index in [1.807, 2.05) is 30.3 Å². The van der Waals surface area contributed by atoms with Crippen molar-refractivity contribution < 1.29 is 14.6 Å². The average Bonchev–Trinajstić information content (AvgIpc) is 3.38. The number of carbonyl (C=O) groups is 1. The molecule has 1 aliphatic carbocycles. The summed E-state index contributed by atoms with van der Waals surface area (Å²) in [7, 11) is 1.48. The number of hydrogen-bond donors (Lipinski definition) is 2. The molecule has 0 radical (unpaired) electrons. The second kappa shape index (κ2) is 6.52. The number of methoxy groups -OCH3 is 1. The van der Waals surface area contributed by atoms with Crippen LogP contribution in [0.1, 0.15) is 23.5 Å². The molecule has 0 spiro atoms. The zero-order chi connectivity index (χ0) is 16.2. The zero-order valence-electron chi connectivity index (χ0n) is 12.8. The minimum Gasteiger partial charge on any atom is -0.504 e. The summed E-state index contributed by atoms with van der Waals surface area (Å²) in [5.41, 5.74) is 4.20. The highest BCUT2D eigenvalue weighted by Crippen LogP contribution is 2.47. The quantitative estimate of drug-likeness (QED) is 0.659. The molecule has 3 rings (SSSR count). The van der Waals surface area contributed by atoms with Gasteiger partial charge in [0.05, 0.1) is 13.3 Å². The van der Waals surface area contributed by atoms with Crippen molar-refractivity contribution in [3.05, 3.63) is 59.7 Å². The number of aromatic hydroxyl groups is 1. The molecular weight excluding hydrogens is 292 g/mol. The molecule has 0 aromatic heterocycles. The Balaban J connectivity index is 1.58. The monoisotopic (exact) mass is 310 g/mol. The van der Waals surface area contributed by atoms with Crippen molar-refractivity contribution in [3.63, 3.8) is 0 Å². The Morgan fingerprint density at radius 3 is 2.78 bits per heavy atom. The highest BCUT2D eigenvalue weighted by Gasteiger charge is 2.43. The van der Waals surface area contributed by atoms with E-state index in [0.29, 0.717) is 11.3 Å². The highest BCUT2D eigenvalue weighted by atomic mass is 16.5. The van der Waals surface area contributed by atoms with Crippen LogP contribution < -0.4 is 10.2 Å². The van der Waals surface area contributed by atoms with Crippen molar-refractivity contribution in [1.29, 1.82) is 0 Å². The fourth-order valence-corrected chi connectivity index (χ4v) is 2.61. The van der Waals surface area contributed by atoms with Crippen molar-refractivity contribution in [1.82, 2.24) is 5.43 Å². The third-order valence-corrected chi connectivity index (χ3v) is 3.98. The van der Waals surface area contributed by atoms with Gasteiger partial charge in [0.2, 0.25) is 5.91 Å². The Bertz CT molecular complexity index is 728. The van der Waals surface area contributed by atoms with E-state index in [1.165, 1.54) is 18.9 Å². The van der Waals surface area contributed by atoms with Crippen LogP contribution in [0.4, 0.5) is 0 Å². The summed E-state index contributed by atoms with van der Waals surface area (Å²) in [4.78, 5) is 12.1. The number of rotatable bonds is 5. The van der Waals surface area contributed by atoms with Crippen LogP contribution in [0, 0.1) is 5.92 Å². The molecule has 1 amide bonds. The first kappa shape index (κ1) is 15.1. The lowest BCUT2D eigenvalue weighted by Gasteiger charge is -2.05. The minimum absolute atomic E-state index is 0.00147. The fourth-order valence-electron chi connectivity index (χ4n) is 2.61. The maximum Gasteiger partial charge on any atom is 0.243 e. The number of hydrazone groups is 1. The first-order chi connectivity index (χ1) is 11.2. The van der Waals surface area contributed by atoms with Crippen LogP contribution >= 0.6 is 0 Å². The number of benzene rings is 2. The van der Waals surface area contributed by atoms with Crippen molar-refractivity contribution in [2.24, 2.45) is 11.0 Å². The maximum absolute atomic E-state index is 12.1. The molecule has 0 heterocycles. The van der Waals surface area contributed by atoms with E-state index in [9.17, 15) is 9.90 Å². The Labute approximate surface area is 134 Å². The van der Waals surface area contributed by atoms with Gasteiger partial charge >= 0.3 is 0 Å². The number of carbonyl (C=O) groups excluding carboxylic acids is 1. The summed E-state index contributed by atoms with van der Waals surface area (Å²) in [6.07, 6.45) is 2.26. The molecule has 5 heteroatoms. The topological polar surface area (TPSA) is 70.9 Å². The summed E-state index contributed by atoms with van der Waals surface area (Å²) in [6, 6.07) is 15.1. The van der Waals surface area contributed by atoms with Gasteiger partial charge in [0, 0.05) is 11.5 Å². The maximum atomic E-state index is 12.1. The summed E-state index contributed by atoms with van der Waals surface area (Å²) in [5.74, 6) is 0.510. The molecule has 1 fully saturated rings. The van der Waals surface area contributed by atoms with Crippen LogP contribution in [-0.4, -0.2) is 24.3 Å². The van der Waals surface area contributed by atoms with E-state index in [4.69, 9.17) is 4.74 Å². The van der Waals surface area contributed by atoms with Gasteiger partial charge in [-0.1, -0.05) is 36.4 Å². The molecule has 0 aliphatic heterocycles. The molecule has 118 valence electrons. The molecule has 2 aromatic rings. The van der Waals surface area contributed by atoms with Crippen molar-refractivity contribution in [3.8, 4) is 11.5 Å². The van der Waals surface area contributed by atoms with E-state index in [-0.39, 0.29) is 23.5 Å². The predicted molar refractivity (Wildman–Crippen MR) is 87.7 cm³/mol. The van der Waals surface area contributed by atoms with Crippen LogP contribution in [-0.2, 0) is 4.79 Å². The number of ether oxygens (including phenoxy) is 1. The number of nitrogens with one attached hydrogen (secondary N) is 1. The van der Waals surface area contributed by atoms with Crippen LogP contribution in [0.25, 0.3) is 0 Å². The zero-order valence-corrected chi connectivity index (χ0v) is 12.8. The Morgan fingerprint density at radius 1 is 1.26 bits per heavy atom. The van der Waals surface area contributed by atoms with Crippen LogP contribution in [0.5, 0.6) is 11.5 Å². The van der Waals surface area contributed by atoms with E-state index < -0.39 is 0 Å². The second-order valence-corrected chi connectivity index (χ2v) is 5.49. The summed E-state index contributed by atoms with van der Waals surface area (Å²) in [5, 5.41) is 13.9. The molecule has 0 saturated heterocycles. The smallest absolute Gasteiger partial charge is 0.243 e. The van der Waals surface area contributed by atoms with Crippen LogP contribution in [0.2, 0.25) is 0 Å². The number of phenols is 1. The highest BCUT2D eigenvalue weighted by molar-refractivity contribution is 5.87. The summed E-state index contributed by atoms with van der Waals surface area (Å²) >= 11 is 0. The first-order valence-electron chi connectivity index (χ1n) is 7.44. The van der Waals surface area contributed by atoms with Crippen molar-refractivity contribution in [2.75, 3.05) is 7.11 Å². The Kier molecular flexibility index (Phi) is 4.28. The normalized spacial score (nSPS) is 19.5. The van der Waals surface area contributed by atoms with E-state index >= 15 is 0 Å². The summed E-state index contributed by atoms with van der Waals surface area (Å²) < 4.78 is 5.03. The number of amides is 1. The van der Waals surface area contributed by atoms with Crippen molar-refractivity contribution in [2.45, 2.75) is 12.3 Å². The van der Waals surface area contributed by atoms with Gasteiger partial charge in [0.15, 0.2) is 11.5 Å². The molecule has 0 unspecified atom stereocenters. The molecule has 23 heavy (non-hydrogen) atoms. The lowest BCUT2D eigenvalue weighted by Crippen LogP contribution is -2.20. The van der Waals surface area contributed by atoms with E-state index in [0.717, 1.165) is 6.42 Å². The van der Waals surface area contributed by atoms with Crippen LogP contribution in [0.3, 0.4) is 0 Å². The molecule has 1 aliphatic rings. The molecule has 2 N–H and O–H groups in total. The van der Waals surface area contributed by atoms with Gasteiger partial charge in [-0.2, -0.15) is 5.10 Å². The fraction of sp³-hybridized carbons (Fsp3) is 0.222. The van der Waals surface area contributed by atoms with Gasteiger partial charge < -0.3 is 9.84 Å². The number of hydrogen-bond acceptors (Lipinski definition) is 4. The van der Waals surface area contributed by atoms with E-state index in [1.54, 1.807) is 18.2 Å². The third kappa shape index (κ3) is 3.34. The predicted octanol–water partition coefficient (Wildman–Crippen LogP) is 2.65. The number of para-hydroxylation sites is 1. The van der Waals surface area contributed by atoms with Gasteiger partial charge in [-0.15, -0.1) is 0 Å². The molecule has 1 saturated carbocycles. The van der Waals surface area contributed by atoms with Gasteiger partial charge in [-0.25, -0.2) is 5.43 Å². The van der Waals surface area contributed by atoms with Gasteiger partial charge in [-0.05, 0) is 30.0 Å². The van der Waals surface area contributed by atoms with E-state index in [2.05, 4.69) is 10.5 Å². The Hall–Kier alpha value is -2.82. The standard InChI is InChI=1S/C18H18N2O3/c1-23-16-9-5-8-13(17(16)21)11-19-20-18(22)15-10-14(15)12-6-3-2-4-7-12/h2-9,11,14-15,21H,10H2,1H3,(H,20,22)/b19-11-/t14-,15-/m0/s1. The van der Waals surface area contributed by atoms with Crippen LogP contribution in [0.15, 0.2) is 53.6 Å². The molecule has 2 aromatic carbocycles. The van der Waals surface area contributed by atoms with Gasteiger partial charge in [0.25, 0.3) is 0 Å². The lowest BCUT2D eigenvalue weighted by molar-refractivity contribution is -0.122. The molecule has 5 nitrogen and oxygen atoms in total. The molecule has 2 atom stereocenters. The SMILES string of the molecule is COc1cccc(/C=N\NC(=O)[C@H]2C[C@H]2c2ccccc2)c1O. The molecular formula is C18H18N2O3.